The molecule has 0 aliphatic carbocycles. The van der Waals surface area contributed by atoms with Gasteiger partial charge in [-0.05, 0) is 18.6 Å². The van der Waals surface area contributed by atoms with Crippen LogP contribution in [0.5, 0.6) is 0 Å². The van der Waals surface area contributed by atoms with E-state index in [2.05, 4.69) is 4.98 Å². The molecule has 2 unspecified atom stereocenters. The molecule has 1 N–H and O–H groups in total. The van der Waals surface area contributed by atoms with Gasteiger partial charge < -0.3 is 9.52 Å². The van der Waals surface area contributed by atoms with E-state index >= 15 is 0 Å². The van der Waals surface area contributed by atoms with Gasteiger partial charge in [-0.25, -0.2) is 4.98 Å². The normalized spacial score (nSPS) is 24.0. The Kier molecular flexibility index (Phi) is 3.70. The van der Waals surface area contributed by atoms with E-state index in [1.807, 2.05) is 18.7 Å². The fourth-order valence-corrected chi connectivity index (χ4v) is 2.87. The lowest BCUT2D eigenvalue weighted by Gasteiger charge is -2.17. The highest BCUT2D eigenvalue weighted by Gasteiger charge is 2.21. The standard InChI is InChI=1S/C11H17NO2S/c1-8(6-13)10-5-12-11(14-10)9-3-2-4-15-7-9/h5,8-9,13H,2-4,6-7H2,1H3. The van der Waals surface area contributed by atoms with Crippen LogP contribution in [0.3, 0.4) is 0 Å². The lowest BCUT2D eigenvalue weighted by Crippen LogP contribution is -2.08. The average molecular weight is 227 g/mol. The van der Waals surface area contributed by atoms with Crippen LogP contribution in [0, 0.1) is 0 Å². The smallest absolute Gasteiger partial charge is 0.198 e. The second kappa shape index (κ2) is 5.03. The molecule has 0 saturated carbocycles. The van der Waals surface area contributed by atoms with E-state index < -0.39 is 0 Å². The Morgan fingerprint density at radius 2 is 2.60 bits per heavy atom. The summed E-state index contributed by atoms with van der Waals surface area (Å²) in [5.41, 5.74) is 0. The van der Waals surface area contributed by atoms with E-state index in [9.17, 15) is 0 Å². The van der Waals surface area contributed by atoms with Crippen LogP contribution in [0.25, 0.3) is 0 Å². The molecular formula is C11H17NO2S. The number of oxazole rings is 1. The van der Waals surface area contributed by atoms with Crippen LogP contribution in [0.2, 0.25) is 0 Å². The summed E-state index contributed by atoms with van der Waals surface area (Å²) in [4.78, 5) is 4.32. The van der Waals surface area contributed by atoms with Crippen molar-refractivity contribution in [1.82, 2.24) is 4.98 Å². The Balaban J connectivity index is 2.05. The highest BCUT2D eigenvalue weighted by Crippen LogP contribution is 2.31. The van der Waals surface area contributed by atoms with Gasteiger partial charge in [0.1, 0.15) is 5.76 Å². The highest BCUT2D eigenvalue weighted by molar-refractivity contribution is 7.99. The first-order valence-corrected chi connectivity index (χ1v) is 6.61. The van der Waals surface area contributed by atoms with Crippen LogP contribution < -0.4 is 0 Å². The van der Waals surface area contributed by atoms with Crippen LogP contribution in [-0.2, 0) is 0 Å². The number of aliphatic hydroxyl groups excluding tert-OH is 1. The van der Waals surface area contributed by atoms with Crippen molar-refractivity contribution in [2.45, 2.75) is 31.6 Å². The van der Waals surface area contributed by atoms with Crippen molar-refractivity contribution >= 4 is 11.8 Å². The summed E-state index contributed by atoms with van der Waals surface area (Å²) in [5, 5.41) is 9.02. The Morgan fingerprint density at radius 1 is 1.73 bits per heavy atom. The zero-order chi connectivity index (χ0) is 10.7. The van der Waals surface area contributed by atoms with Crippen molar-refractivity contribution in [3.05, 3.63) is 17.8 Å². The summed E-state index contributed by atoms with van der Waals surface area (Å²) in [6.07, 6.45) is 4.19. The average Bonchev–Trinajstić information content (AvgIpc) is 2.78. The fraction of sp³-hybridized carbons (Fsp3) is 0.727. The van der Waals surface area contributed by atoms with E-state index in [1.54, 1.807) is 6.20 Å². The topological polar surface area (TPSA) is 46.3 Å². The second-order valence-corrected chi connectivity index (χ2v) is 5.25. The van der Waals surface area contributed by atoms with Gasteiger partial charge in [0.05, 0.1) is 12.8 Å². The molecule has 2 heterocycles. The summed E-state index contributed by atoms with van der Waals surface area (Å²) < 4.78 is 5.69. The molecule has 1 aromatic rings. The number of hydrogen-bond donors (Lipinski definition) is 1. The number of aliphatic hydroxyl groups is 1. The van der Waals surface area contributed by atoms with Crippen molar-refractivity contribution in [2.75, 3.05) is 18.1 Å². The van der Waals surface area contributed by atoms with Gasteiger partial charge in [-0.3, -0.25) is 0 Å². The molecule has 1 aliphatic heterocycles. The minimum absolute atomic E-state index is 0.0579. The first-order chi connectivity index (χ1) is 7.31. The Labute approximate surface area is 94.3 Å². The Hall–Kier alpha value is -0.480. The third-order valence-electron chi connectivity index (χ3n) is 2.81. The second-order valence-electron chi connectivity index (χ2n) is 4.10. The van der Waals surface area contributed by atoms with Crippen LogP contribution in [0.15, 0.2) is 10.6 Å². The predicted molar refractivity (Wildman–Crippen MR) is 61.3 cm³/mol. The molecule has 0 spiro atoms. The van der Waals surface area contributed by atoms with Crippen LogP contribution >= 0.6 is 11.8 Å². The van der Waals surface area contributed by atoms with Crippen molar-refractivity contribution in [2.24, 2.45) is 0 Å². The number of aromatic nitrogens is 1. The zero-order valence-corrected chi connectivity index (χ0v) is 9.80. The first-order valence-electron chi connectivity index (χ1n) is 5.45. The molecule has 0 bridgehead atoms. The van der Waals surface area contributed by atoms with Crippen molar-refractivity contribution in [3.63, 3.8) is 0 Å². The van der Waals surface area contributed by atoms with Crippen LogP contribution in [-0.4, -0.2) is 28.2 Å². The van der Waals surface area contributed by atoms with Gasteiger partial charge in [0.2, 0.25) is 0 Å². The minimum Gasteiger partial charge on any atom is -0.445 e. The van der Waals surface area contributed by atoms with Gasteiger partial charge in [0, 0.05) is 17.6 Å². The summed E-state index contributed by atoms with van der Waals surface area (Å²) in [6, 6.07) is 0. The first kappa shape index (κ1) is 11.0. The van der Waals surface area contributed by atoms with E-state index in [1.165, 1.54) is 18.6 Å². The SMILES string of the molecule is CC(CO)c1cnc(C2CCCSC2)o1. The molecule has 84 valence electrons. The Bertz CT molecular complexity index is 307. The minimum atomic E-state index is 0.0579. The summed E-state index contributed by atoms with van der Waals surface area (Å²) in [7, 11) is 0. The molecular weight excluding hydrogens is 210 g/mol. The van der Waals surface area contributed by atoms with Gasteiger partial charge in [0.25, 0.3) is 0 Å². The molecule has 4 heteroatoms. The third-order valence-corrected chi connectivity index (χ3v) is 4.03. The highest BCUT2D eigenvalue weighted by atomic mass is 32.2. The zero-order valence-electron chi connectivity index (χ0n) is 8.98. The quantitative estimate of drug-likeness (QED) is 0.861. The molecule has 1 fully saturated rings. The number of hydrogen-bond acceptors (Lipinski definition) is 4. The molecule has 1 saturated heterocycles. The summed E-state index contributed by atoms with van der Waals surface area (Å²) in [6.45, 7) is 2.06. The van der Waals surface area contributed by atoms with Gasteiger partial charge >= 0.3 is 0 Å². The molecule has 2 rings (SSSR count). The van der Waals surface area contributed by atoms with E-state index in [0.717, 1.165) is 17.4 Å². The number of nitrogens with zero attached hydrogens (tertiary/aromatic N) is 1. The number of rotatable bonds is 3. The van der Waals surface area contributed by atoms with Crippen molar-refractivity contribution in [1.29, 1.82) is 0 Å². The van der Waals surface area contributed by atoms with E-state index in [4.69, 9.17) is 9.52 Å². The summed E-state index contributed by atoms with van der Waals surface area (Å²) in [5.74, 6) is 4.58. The largest absolute Gasteiger partial charge is 0.445 e. The van der Waals surface area contributed by atoms with E-state index in [0.29, 0.717) is 5.92 Å². The summed E-state index contributed by atoms with van der Waals surface area (Å²) >= 11 is 1.97. The molecule has 2 atom stereocenters. The van der Waals surface area contributed by atoms with E-state index in [-0.39, 0.29) is 12.5 Å². The maximum absolute atomic E-state index is 9.02. The lowest BCUT2D eigenvalue weighted by molar-refractivity contribution is 0.254. The van der Waals surface area contributed by atoms with Crippen molar-refractivity contribution < 1.29 is 9.52 Å². The molecule has 0 radical (unpaired) electrons. The fourth-order valence-electron chi connectivity index (χ4n) is 1.74. The van der Waals surface area contributed by atoms with Gasteiger partial charge in [-0.2, -0.15) is 11.8 Å². The predicted octanol–water partition coefficient (Wildman–Crippen LogP) is 2.38. The van der Waals surface area contributed by atoms with Gasteiger partial charge in [-0.15, -0.1) is 0 Å². The molecule has 1 aliphatic rings. The van der Waals surface area contributed by atoms with Crippen molar-refractivity contribution in [3.8, 4) is 0 Å². The van der Waals surface area contributed by atoms with Gasteiger partial charge in [0.15, 0.2) is 5.89 Å². The lowest BCUT2D eigenvalue weighted by atomic mass is 10.1. The maximum atomic E-state index is 9.02. The molecule has 0 amide bonds. The Morgan fingerprint density at radius 3 is 3.27 bits per heavy atom. The number of thioether (sulfide) groups is 1. The monoisotopic (exact) mass is 227 g/mol. The van der Waals surface area contributed by atoms with Crippen LogP contribution in [0.1, 0.15) is 43.3 Å². The molecule has 3 nitrogen and oxygen atoms in total. The molecule has 1 aromatic heterocycles. The van der Waals surface area contributed by atoms with Gasteiger partial charge in [-0.1, -0.05) is 6.92 Å². The molecule has 15 heavy (non-hydrogen) atoms. The van der Waals surface area contributed by atoms with Crippen LogP contribution in [0.4, 0.5) is 0 Å². The molecule has 0 aromatic carbocycles. The maximum Gasteiger partial charge on any atom is 0.198 e. The third kappa shape index (κ3) is 2.55.